The van der Waals surface area contributed by atoms with E-state index in [0.717, 1.165) is 46.0 Å². The second kappa shape index (κ2) is 9.77. The average molecular weight is 446 g/mol. The lowest BCUT2D eigenvalue weighted by Crippen LogP contribution is -2.36. The molecule has 0 fully saturated rings. The van der Waals surface area contributed by atoms with Gasteiger partial charge in [0, 0.05) is 18.7 Å². The molecule has 0 spiro atoms. The van der Waals surface area contributed by atoms with Crippen molar-refractivity contribution in [3.63, 3.8) is 0 Å². The number of rotatable bonds is 6. The lowest BCUT2D eigenvalue weighted by atomic mass is 9.90. The summed E-state index contributed by atoms with van der Waals surface area (Å²) in [4.78, 5) is 22.2. The van der Waals surface area contributed by atoms with Crippen molar-refractivity contribution in [1.82, 2.24) is 9.88 Å². The van der Waals surface area contributed by atoms with Gasteiger partial charge in [-0.25, -0.2) is 4.98 Å². The summed E-state index contributed by atoms with van der Waals surface area (Å²) in [6, 6.07) is 12.0. The molecule has 0 radical (unpaired) electrons. The Balaban J connectivity index is 0.00000256. The molecule has 0 saturated carbocycles. The lowest BCUT2D eigenvalue weighted by molar-refractivity contribution is 0.0985. The molecule has 1 aliphatic carbocycles. The smallest absolute Gasteiger partial charge is 0.260 e. The zero-order chi connectivity index (χ0) is 20.4. The van der Waals surface area contributed by atoms with Crippen LogP contribution in [0.3, 0.4) is 0 Å². The van der Waals surface area contributed by atoms with Crippen LogP contribution in [-0.2, 0) is 12.8 Å². The number of fused-ring (bicyclic) bond motifs is 2. The average Bonchev–Trinajstić information content (AvgIpc) is 3.15. The van der Waals surface area contributed by atoms with E-state index in [1.54, 1.807) is 7.11 Å². The molecular weight excluding hydrogens is 418 g/mol. The van der Waals surface area contributed by atoms with Gasteiger partial charge in [0.25, 0.3) is 5.91 Å². The minimum atomic E-state index is 0. The van der Waals surface area contributed by atoms with Crippen LogP contribution in [0.2, 0.25) is 0 Å². The van der Waals surface area contributed by atoms with Gasteiger partial charge in [-0.3, -0.25) is 9.69 Å². The lowest BCUT2D eigenvalue weighted by Gasteiger charge is -2.23. The van der Waals surface area contributed by atoms with Gasteiger partial charge in [0.2, 0.25) is 0 Å². The molecule has 0 unspecified atom stereocenters. The standard InChI is InChI=1S/C23H27N3O2S.ClH/c1-25(2)12-13-26(23-24-20-11-10-19(28-3)15-21(20)29-23)22(27)18-9-8-16-6-4-5-7-17(16)14-18;/h8-11,14-15H,4-7,12-13H2,1-3H3;1H. The molecule has 0 aliphatic heterocycles. The fraction of sp³-hybridized carbons (Fsp3) is 0.391. The number of benzene rings is 2. The van der Waals surface area contributed by atoms with E-state index in [9.17, 15) is 4.79 Å². The van der Waals surface area contributed by atoms with Crippen LogP contribution in [0.15, 0.2) is 36.4 Å². The van der Waals surface area contributed by atoms with Crippen molar-refractivity contribution < 1.29 is 9.53 Å². The van der Waals surface area contributed by atoms with Gasteiger partial charge >= 0.3 is 0 Å². The number of ether oxygens (including phenoxy) is 1. The van der Waals surface area contributed by atoms with Crippen molar-refractivity contribution >= 4 is 45.0 Å². The SMILES string of the molecule is COc1ccc2nc(N(CCN(C)C)C(=O)c3ccc4c(c3)CCCC4)sc2c1.Cl. The van der Waals surface area contributed by atoms with E-state index < -0.39 is 0 Å². The fourth-order valence-corrected chi connectivity index (χ4v) is 4.76. The summed E-state index contributed by atoms with van der Waals surface area (Å²) in [6.45, 7) is 1.37. The van der Waals surface area contributed by atoms with Crippen LogP contribution in [0.1, 0.15) is 34.3 Å². The number of carbonyl (C=O) groups excluding carboxylic acids is 1. The van der Waals surface area contributed by atoms with E-state index in [1.807, 2.05) is 43.3 Å². The molecule has 160 valence electrons. The van der Waals surface area contributed by atoms with Crippen molar-refractivity contribution in [2.75, 3.05) is 39.2 Å². The Kier molecular flexibility index (Phi) is 7.34. The number of hydrogen-bond donors (Lipinski definition) is 0. The molecule has 1 heterocycles. The topological polar surface area (TPSA) is 45.7 Å². The van der Waals surface area contributed by atoms with Crippen molar-refractivity contribution in [2.45, 2.75) is 25.7 Å². The van der Waals surface area contributed by atoms with Crippen LogP contribution in [-0.4, -0.2) is 50.1 Å². The molecule has 4 rings (SSSR count). The first-order valence-electron chi connectivity index (χ1n) is 10.1. The predicted molar refractivity (Wildman–Crippen MR) is 127 cm³/mol. The van der Waals surface area contributed by atoms with Gasteiger partial charge in [-0.05, 0) is 81.2 Å². The molecular formula is C23H28ClN3O2S. The minimum absolute atomic E-state index is 0. The molecule has 1 aromatic heterocycles. The molecule has 0 atom stereocenters. The zero-order valence-corrected chi connectivity index (χ0v) is 19.3. The molecule has 0 bridgehead atoms. The summed E-state index contributed by atoms with van der Waals surface area (Å²) >= 11 is 1.53. The van der Waals surface area contributed by atoms with Gasteiger partial charge in [0.1, 0.15) is 5.75 Å². The summed E-state index contributed by atoms with van der Waals surface area (Å²) in [6.07, 6.45) is 4.63. The molecule has 0 N–H and O–H groups in total. The molecule has 30 heavy (non-hydrogen) atoms. The summed E-state index contributed by atoms with van der Waals surface area (Å²) < 4.78 is 6.35. The molecule has 2 aromatic carbocycles. The number of halogens is 1. The number of nitrogens with zero attached hydrogens (tertiary/aromatic N) is 3. The maximum Gasteiger partial charge on any atom is 0.260 e. The van der Waals surface area contributed by atoms with Crippen LogP contribution in [0.25, 0.3) is 10.2 Å². The van der Waals surface area contributed by atoms with Gasteiger partial charge in [-0.2, -0.15) is 0 Å². The van der Waals surface area contributed by atoms with Gasteiger partial charge < -0.3 is 9.64 Å². The molecule has 1 aliphatic rings. The van der Waals surface area contributed by atoms with Crippen LogP contribution in [0, 0.1) is 0 Å². The molecule has 1 amide bonds. The highest BCUT2D eigenvalue weighted by molar-refractivity contribution is 7.22. The maximum atomic E-state index is 13.5. The van der Waals surface area contributed by atoms with E-state index in [4.69, 9.17) is 9.72 Å². The van der Waals surface area contributed by atoms with Crippen molar-refractivity contribution in [3.05, 3.63) is 53.1 Å². The number of anilines is 1. The van der Waals surface area contributed by atoms with Crippen molar-refractivity contribution in [1.29, 1.82) is 0 Å². The number of carbonyl (C=O) groups is 1. The summed E-state index contributed by atoms with van der Waals surface area (Å²) in [5.41, 5.74) is 4.35. The zero-order valence-electron chi connectivity index (χ0n) is 17.7. The maximum absolute atomic E-state index is 13.5. The first kappa shape index (κ1) is 22.5. The van der Waals surface area contributed by atoms with Crippen molar-refractivity contribution in [2.24, 2.45) is 0 Å². The third-order valence-corrected chi connectivity index (χ3v) is 6.47. The van der Waals surface area contributed by atoms with Crippen LogP contribution >= 0.6 is 23.7 Å². The third kappa shape index (κ3) is 4.77. The van der Waals surface area contributed by atoms with E-state index in [1.165, 1.54) is 35.3 Å². The Morgan fingerprint density at radius 3 is 2.57 bits per heavy atom. The van der Waals surface area contributed by atoms with E-state index in [2.05, 4.69) is 17.0 Å². The number of hydrogen-bond acceptors (Lipinski definition) is 5. The Labute approximate surface area is 188 Å². The molecule has 3 aromatic rings. The second-order valence-electron chi connectivity index (χ2n) is 7.78. The summed E-state index contributed by atoms with van der Waals surface area (Å²) in [5, 5.41) is 0.734. The van der Waals surface area contributed by atoms with Crippen LogP contribution in [0.4, 0.5) is 5.13 Å². The number of methoxy groups -OCH3 is 1. The van der Waals surface area contributed by atoms with E-state index in [-0.39, 0.29) is 18.3 Å². The highest BCUT2D eigenvalue weighted by Crippen LogP contribution is 2.32. The molecule has 0 saturated heterocycles. The van der Waals surface area contributed by atoms with E-state index in [0.29, 0.717) is 6.54 Å². The highest BCUT2D eigenvalue weighted by atomic mass is 35.5. The predicted octanol–water partition coefficient (Wildman–Crippen LogP) is 4.81. The monoisotopic (exact) mass is 445 g/mol. The minimum Gasteiger partial charge on any atom is -0.497 e. The fourth-order valence-electron chi connectivity index (χ4n) is 3.74. The van der Waals surface area contributed by atoms with Gasteiger partial charge in [0.05, 0.1) is 17.3 Å². The van der Waals surface area contributed by atoms with Gasteiger partial charge in [-0.15, -0.1) is 12.4 Å². The third-order valence-electron chi connectivity index (χ3n) is 5.43. The Morgan fingerprint density at radius 2 is 1.83 bits per heavy atom. The summed E-state index contributed by atoms with van der Waals surface area (Å²) in [5.74, 6) is 0.819. The Morgan fingerprint density at radius 1 is 1.07 bits per heavy atom. The number of thiazole rings is 1. The highest BCUT2D eigenvalue weighted by Gasteiger charge is 2.23. The van der Waals surface area contributed by atoms with Crippen LogP contribution in [0.5, 0.6) is 5.75 Å². The number of aromatic nitrogens is 1. The normalized spacial score (nSPS) is 13.1. The van der Waals surface area contributed by atoms with Crippen LogP contribution < -0.4 is 9.64 Å². The number of aryl methyl sites for hydroxylation is 2. The molecule has 7 heteroatoms. The van der Waals surface area contributed by atoms with Gasteiger partial charge in [0.15, 0.2) is 5.13 Å². The first-order valence-corrected chi connectivity index (χ1v) is 10.9. The van der Waals surface area contributed by atoms with Gasteiger partial charge in [-0.1, -0.05) is 17.4 Å². The van der Waals surface area contributed by atoms with Crippen molar-refractivity contribution in [3.8, 4) is 5.75 Å². The number of likely N-dealkylation sites (N-methyl/N-ethyl adjacent to an activating group) is 1. The first-order chi connectivity index (χ1) is 14.0. The largest absolute Gasteiger partial charge is 0.497 e. The van der Waals surface area contributed by atoms with E-state index >= 15 is 0 Å². The second-order valence-corrected chi connectivity index (χ2v) is 8.79. The quantitative estimate of drug-likeness (QED) is 0.546. The Bertz CT molecular complexity index is 1030. The number of amides is 1. The Hall–Kier alpha value is -2.15. The summed E-state index contributed by atoms with van der Waals surface area (Å²) in [7, 11) is 5.70. The molecule has 5 nitrogen and oxygen atoms in total.